The summed E-state index contributed by atoms with van der Waals surface area (Å²) in [5.74, 6) is 0.745. The average molecular weight is 299 g/mol. The Balaban J connectivity index is 5.00. The van der Waals surface area contributed by atoms with Crippen LogP contribution in [0.5, 0.6) is 0 Å². The molecule has 2 nitrogen and oxygen atoms in total. The molecule has 0 unspecified atom stereocenters. The van der Waals surface area contributed by atoms with Crippen molar-refractivity contribution in [3.63, 3.8) is 0 Å². The van der Waals surface area contributed by atoms with Crippen molar-refractivity contribution < 1.29 is 0 Å². The maximum absolute atomic E-state index is 3.70. The molecule has 0 fully saturated rings. The van der Waals surface area contributed by atoms with Crippen LogP contribution >= 0.6 is 0 Å². The van der Waals surface area contributed by atoms with Gasteiger partial charge in [0.2, 0.25) is 0 Å². The third-order valence-corrected chi connectivity index (χ3v) is 4.98. The number of rotatable bonds is 12. The first-order chi connectivity index (χ1) is 9.83. The Hall–Kier alpha value is -0.0800. The SMILES string of the molecule is CCC(CC)N(CC(C)C)CC(CC)(CC)CNC(C)C. The lowest BCUT2D eigenvalue weighted by molar-refractivity contribution is 0.0814. The molecule has 0 spiro atoms. The van der Waals surface area contributed by atoms with Crippen molar-refractivity contribution in [2.45, 2.75) is 93.2 Å². The summed E-state index contributed by atoms with van der Waals surface area (Å²) in [4.78, 5) is 2.78. The van der Waals surface area contributed by atoms with Crippen LogP contribution in [0.2, 0.25) is 0 Å². The molecule has 0 aliphatic rings. The highest BCUT2D eigenvalue weighted by atomic mass is 15.2. The van der Waals surface area contributed by atoms with Crippen molar-refractivity contribution in [1.82, 2.24) is 10.2 Å². The molecule has 0 amide bonds. The predicted octanol–water partition coefficient (Wildman–Crippen LogP) is 4.94. The smallest absolute Gasteiger partial charge is 0.00903 e. The number of hydrogen-bond acceptors (Lipinski definition) is 2. The van der Waals surface area contributed by atoms with Crippen LogP contribution in [0.4, 0.5) is 0 Å². The van der Waals surface area contributed by atoms with E-state index in [2.05, 4.69) is 65.6 Å². The lowest BCUT2D eigenvalue weighted by atomic mass is 9.80. The van der Waals surface area contributed by atoms with Gasteiger partial charge in [0.15, 0.2) is 0 Å². The Morgan fingerprint density at radius 2 is 1.43 bits per heavy atom. The molecule has 0 atom stereocenters. The van der Waals surface area contributed by atoms with Gasteiger partial charge in [-0.1, -0.05) is 55.4 Å². The molecule has 0 aliphatic heterocycles. The molecule has 0 heterocycles. The van der Waals surface area contributed by atoms with Gasteiger partial charge in [-0.2, -0.15) is 0 Å². The van der Waals surface area contributed by atoms with E-state index in [4.69, 9.17) is 0 Å². The van der Waals surface area contributed by atoms with Gasteiger partial charge in [0.1, 0.15) is 0 Å². The predicted molar refractivity (Wildman–Crippen MR) is 96.9 cm³/mol. The van der Waals surface area contributed by atoms with Crippen LogP contribution in [0.1, 0.15) is 81.1 Å². The minimum absolute atomic E-state index is 0.418. The molecule has 0 aromatic rings. The van der Waals surface area contributed by atoms with E-state index in [1.54, 1.807) is 0 Å². The summed E-state index contributed by atoms with van der Waals surface area (Å²) in [5.41, 5.74) is 0.418. The highest BCUT2D eigenvalue weighted by Gasteiger charge is 2.31. The fourth-order valence-electron chi connectivity index (χ4n) is 3.25. The molecule has 0 saturated carbocycles. The third-order valence-electron chi connectivity index (χ3n) is 4.98. The van der Waals surface area contributed by atoms with E-state index in [1.807, 2.05) is 0 Å². The summed E-state index contributed by atoms with van der Waals surface area (Å²) in [6, 6.07) is 1.32. The van der Waals surface area contributed by atoms with E-state index in [0.717, 1.165) is 18.5 Å². The van der Waals surface area contributed by atoms with E-state index in [-0.39, 0.29) is 0 Å². The molecule has 0 aromatic heterocycles. The molecular weight excluding hydrogens is 256 g/mol. The van der Waals surface area contributed by atoms with Crippen molar-refractivity contribution in [3.8, 4) is 0 Å². The fraction of sp³-hybridized carbons (Fsp3) is 1.00. The van der Waals surface area contributed by atoms with Crippen molar-refractivity contribution in [1.29, 1.82) is 0 Å². The van der Waals surface area contributed by atoms with Gasteiger partial charge in [0.05, 0.1) is 0 Å². The van der Waals surface area contributed by atoms with Crippen LogP contribution in [0.3, 0.4) is 0 Å². The zero-order valence-electron chi connectivity index (χ0n) is 16.1. The van der Waals surface area contributed by atoms with Crippen molar-refractivity contribution in [3.05, 3.63) is 0 Å². The molecule has 1 N–H and O–H groups in total. The molecule has 128 valence electrons. The topological polar surface area (TPSA) is 15.3 Å². The maximum Gasteiger partial charge on any atom is 0.00903 e. The lowest BCUT2D eigenvalue weighted by Gasteiger charge is -2.42. The lowest BCUT2D eigenvalue weighted by Crippen LogP contribution is -2.49. The first kappa shape index (κ1) is 20.9. The molecule has 0 bridgehead atoms. The van der Waals surface area contributed by atoms with Crippen LogP contribution < -0.4 is 5.32 Å². The largest absolute Gasteiger partial charge is 0.314 e. The number of nitrogens with zero attached hydrogens (tertiary/aromatic N) is 1. The third kappa shape index (κ3) is 7.65. The molecule has 0 saturated heterocycles. The molecule has 0 aromatic carbocycles. The fourth-order valence-corrected chi connectivity index (χ4v) is 3.25. The van der Waals surface area contributed by atoms with E-state index in [0.29, 0.717) is 11.5 Å². The Kier molecular flexibility index (Phi) is 10.6. The Labute approximate surface area is 135 Å². The number of nitrogens with one attached hydrogen (secondary N) is 1. The summed E-state index contributed by atoms with van der Waals surface area (Å²) in [6.07, 6.45) is 5.06. The minimum atomic E-state index is 0.418. The van der Waals surface area contributed by atoms with Crippen LogP contribution in [0.15, 0.2) is 0 Å². The zero-order chi connectivity index (χ0) is 16.5. The first-order valence-corrected chi connectivity index (χ1v) is 9.31. The second-order valence-electron chi connectivity index (χ2n) is 7.54. The van der Waals surface area contributed by atoms with E-state index >= 15 is 0 Å². The average Bonchev–Trinajstić information content (AvgIpc) is 2.44. The van der Waals surface area contributed by atoms with Crippen LogP contribution in [-0.4, -0.2) is 36.6 Å². The minimum Gasteiger partial charge on any atom is -0.314 e. The van der Waals surface area contributed by atoms with Gasteiger partial charge in [-0.25, -0.2) is 0 Å². The molecule has 21 heavy (non-hydrogen) atoms. The molecule has 0 aliphatic carbocycles. The standard InChI is InChI=1S/C19H42N2/c1-9-18(10-2)21(13-16(5)6)15-19(11-3,12-4)14-20-17(7)8/h16-18,20H,9-15H2,1-8H3. The van der Waals surface area contributed by atoms with E-state index in [9.17, 15) is 0 Å². The van der Waals surface area contributed by atoms with Gasteiger partial charge in [0.25, 0.3) is 0 Å². The van der Waals surface area contributed by atoms with Crippen molar-refractivity contribution in [2.75, 3.05) is 19.6 Å². The molecule has 2 heteroatoms. The van der Waals surface area contributed by atoms with Crippen LogP contribution in [0.25, 0.3) is 0 Å². The second kappa shape index (κ2) is 10.6. The van der Waals surface area contributed by atoms with Gasteiger partial charge in [0, 0.05) is 31.7 Å². The summed E-state index contributed by atoms with van der Waals surface area (Å²) >= 11 is 0. The highest BCUT2D eigenvalue weighted by molar-refractivity contribution is 4.86. The van der Waals surface area contributed by atoms with Crippen LogP contribution in [-0.2, 0) is 0 Å². The van der Waals surface area contributed by atoms with Gasteiger partial charge >= 0.3 is 0 Å². The van der Waals surface area contributed by atoms with E-state index < -0.39 is 0 Å². The van der Waals surface area contributed by atoms with Gasteiger partial charge < -0.3 is 5.32 Å². The summed E-state index contributed by atoms with van der Waals surface area (Å²) in [5, 5.41) is 3.70. The zero-order valence-corrected chi connectivity index (χ0v) is 16.1. The normalized spacial score (nSPS) is 13.1. The molecule has 0 radical (unpaired) electrons. The summed E-state index contributed by atoms with van der Waals surface area (Å²) < 4.78 is 0. The van der Waals surface area contributed by atoms with Gasteiger partial charge in [-0.3, -0.25) is 4.90 Å². The van der Waals surface area contributed by atoms with Gasteiger partial charge in [-0.15, -0.1) is 0 Å². The maximum atomic E-state index is 3.70. The van der Waals surface area contributed by atoms with Crippen molar-refractivity contribution >= 4 is 0 Å². The quantitative estimate of drug-likeness (QED) is 0.549. The Morgan fingerprint density at radius 3 is 1.76 bits per heavy atom. The van der Waals surface area contributed by atoms with Gasteiger partial charge in [-0.05, 0) is 37.0 Å². The van der Waals surface area contributed by atoms with E-state index in [1.165, 1.54) is 38.8 Å². The van der Waals surface area contributed by atoms with Crippen LogP contribution in [0, 0.1) is 11.3 Å². The number of hydrogen-bond donors (Lipinski definition) is 1. The second-order valence-corrected chi connectivity index (χ2v) is 7.54. The first-order valence-electron chi connectivity index (χ1n) is 9.31. The summed E-state index contributed by atoms with van der Waals surface area (Å²) in [6.45, 7) is 22.2. The molecular formula is C19H42N2. The summed E-state index contributed by atoms with van der Waals surface area (Å²) in [7, 11) is 0. The monoisotopic (exact) mass is 298 g/mol. The highest BCUT2D eigenvalue weighted by Crippen LogP contribution is 2.29. The molecule has 0 rings (SSSR count). The Bertz CT molecular complexity index is 240. The van der Waals surface area contributed by atoms with Crippen molar-refractivity contribution in [2.24, 2.45) is 11.3 Å². The Morgan fingerprint density at radius 1 is 0.905 bits per heavy atom.